The lowest BCUT2D eigenvalue weighted by Crippen LogP contribution is -3.15. The van der Waals surface area contributed by atoms with Crippen LogP contribution in [0.2, 0.25) is 0 Å². The molecule has 2 saturated carbocycles. The Labute approximate surface area is 121 Å². The Kier molecular flexibility index (Phi) is 3.57. The Morgan fingerprint density at radius 1 is 1.30 bits per heavy atom. The summed E-state index contributed by atoms with van der Waals surface area (Å²) in [6.45, 7) is 10.9. The molecule has 2 aliphatic carbocycles. The van der Waals surface area contributed by atoms with Crippen molar-refractivity contribution < 1.29 is 19.2 Å². The Hall–Kier alpha value is -0.610. The SMILES string of the molecule is CC1(C)[C@@H]2CC[C@]1(C)[C@@H](OC(=O)C[NH+]1CCOCC1)C2. The highest BCUT2D eigenvalue weighted by molar-refractivity contribution is 5.70. The zero-order chi connectivity index (χ0) is 14.4. The zero-order valence-corrected chi connectivity index (χ0v) is 13.0. The van der Waals surface area contributed by atoms with Gasteiger partial charge in [0.25, 0.3) is 0 Å². The van der Waals surface area contributed by atoms with E-state index in [0.29, 0.717) is 12.0 Å². The van der Waals surface area contributed by atoms with Crippen molar-refractivity contribution in [2.24, 2.45) is 16.7 Å². The summed E-state index contributed by atoms with van der Waals surface area (Å²) >= 11 is 0. The van der Waals surface area contributed by atoms with Gasteiger partial charge in [0.05, 0.1) is 13.2 Å². The van der Waals surface area contributed by atoms with Crippen molar-refractivity contribution >= 4 is 5.97 Å². The number of fused-ring (bicyclic) bond motifs is 2. The van der Waals surface area contributed by atoms with Crippen molar-refractivity contribution in [3.63, 3.8) is 0 Å². The van der Waals surface area contributed by atoms with Crippen molar-refractivity contribution in [1.29, 1.82) is 0 Å². The van der Waals surface area contributed by atoms with Gasteiger partial charge in [-0.3, -0.25) is 0 Å². The molecule has 3 rings (SSSR count). The fraction of sp³-hybridized carbons (Fsp3) is 0.938. The highest BCUT2D eigenvalue weighted by atomic mass is 16.5. The molecule has 3 aliphatic rings. The van der Waals surface area contributed by atoms with E-state index in [4.69, 9.17) is 9.47 Å². The lowest BCUT2D eigenvalue weighted by Gasteiger charge is -2.38. The molecule has 20 heavy (non-hydrogen) atoms. The van der Waals surface area contributed by atoms with Gasteiger partial charge in [-0.2, -0.15) is 0 Å². The Morgan fingerprint density at radius 3 is 2.55 bits per heavy atom. The first-order valence-corrected chi connectivity index (χ1v) is 8.04. The number of morpholine rings is 1. The van der Waals surface area contributed by atoms with Gasteiger partial charge in [-0.25, -0.2) is 4.79 Å². The minimum absolute atomic E-state index is 0.0172. The maximum absolute atomic E-state index is 12.2. The van der Waals surface area contributed by atoms with Crippen LogP contribution in [0, 0.1) is 16.7 Å². The maximum Gasteiger partial charge on any atom is 0.362 e. The Bertz CT molecular complexity index is 389. The van der Waals surface area contributed by atoms with E-state index in [0.717, 1.165) is 38.6 Å². The van der Waals surface area contributed by atoms with E-state index in [9.17, 15) is 4.79 Å². The van der Waals surface area contributed by atoms with Crippen LogP contribution in [0.3, 0.4) is 0 Å². The molecule has 0 aromatic rings. The van der Waals surface area contributed by atoms with Gasteiger partial charge in [0.2, 0.25) is 0 Å². The van der Waals surface area contributed by atoms with E-state index in [-0.39, 0.29) is 17.5 Å². The van der Waals surface area contributed by atoms with Crippen molar-refractivity contribution in [2.75, 3.05) is 32.8 Å². The monoisotopic (exact) mass is 282 g/mol. The largest absolute Gasteiger partial charge is 0.458 e. The van der Waals surface area contributed by atoms with Gasteiger partial charge in [-0.15, -0.1) is 0 Å². The van der Waals surface area contributed by atoms with Crippen LogP contribution in [-0.2, 0) is 14.3 Å². The van der Waals surface area contributed by atoms with Crippen LogP contribution in [0.5, 0.6) is 0 Å². The molecule has 0 unspecified atom stereocenters. The van der Waals surface area contributed by atoms with Gasteiger partial charge in [0.15, 0.2) is 6.54 Å². The van der Waals surface area contributed by atoms with Crippen LogP contribution in [0.25, 0.3) is 0 Å². The number of quaternary nitrogens is 1. The second-order valence-electron chi connectivity index (χ2n) is 7.63. The predicted molar refractivity (Wildman–Crippen MR) is 75.5 cm³/mol. The fourth-order valence-electron chi connectivity index (χ4n) is 4.55. The third kappa shape index (κ3) is 2.17. The number of nitrogens with one attached hydrogen (secondary N) is 1. The normalized spacial score (nSPS) is 40.0. The van der Waals surface area contributed by atoms with E-state index in [1.807, 2.05) is 0 Å². The molecule has 0 amide bonds. The third-order valence-electron chi connectivity index (χ3n) is 6.58. The molecule has 0 aromatic carbocycles. The van der Waals surface area contributed by atoms with E-state index in [1.165, 1.54) is 17.7 Å². The molecular weight excluding hydrogens is 254 g/mol. The zero-order valence-electron chi connectivity index (χ0n) is 13.0. The first-order valence-electron chi connectivity index (χ1n) is 8.04. The average Bonchev–Trinajstić information content (AvgIpc) is 2.73. The number of ether oxygens (including phenoxy) is 2. The molecule has 2 bridgehead atoms. The highest BCUT2D eigenvalue weighted by Crippen LogP contribution is 2.66. The van der Waals surface area contributed by atoms with Crippen LogP contribution < -0.4 is 4.90 Å². The summed E-state index contributed by atoms with van der Waals surface area (Å²) in [6.07, 6.45) is 3.69. The van der Waals surface area contributed by atoms with Crippen molar-refractivity contribution in [3.8, 4) is 0 Å². The highest BCUT2D eigenvalue weighted by Gasteiger charge is 2.62. The minimum atomic E-state index is -0.0172. The van der Waals surface area contributed by atoms with Crippen LogP contribution in [0.4, 0.5) is 0 Å². The molecule has 0 radical (unpaired) electrons. The lowest BCUT2D eigenvalue weighted by molar-refractivity contribution is -0.900. The van der Waals surface area contributed by atoms with Gasteiger partial charge in [-0.05, 0) is 30.6 Å². The number of hydrogen-bond acceptors (Lipinski definition) is 3. The average molecular weight is 282 g/mol. The van der Waals surface area contributed by atoms with Crippen molar-refractivity contribution in [1.82, 2.24) is 0 Å². The van der Waals surface area contributed by atoms with E-state index in [1.54, 1.807) is 0 Å². The molecule has 4 nitrogen and oxygen atoms in total. The maximum atomic E-state index is 12.2. The molecular formula is C16H28NO3+. The third-order valence-corrected chi connectivity index (χ3v) is 6.58. The lowest BCUT2D eigenvalue weighted by atomic mass is 9.70. The summed E-state index contributed by atoms with van der Waals surface area (Å²) in [4.78, 5) is 13.5. The molecule has 114 valence electrons. The van der Waals surface area contributed by atoms with Gasteiger partial charge < -0.3 is 14.4 Å². The number of carbonyl (C=O) groups is 1. The molecule has 3 atom stereocenters. The van der Waals surface area contributed by atoms with E-state index < -0.39 is 0 Å². The van der Waals surface area contributed by atoms with Gasteiger partial charge in [0, 0.05) is 5.41 Å². The predicted octanol–water partition coefficient (Wildman–Crippen LogP) is 0.660. The van der Waals surface area contributed by atoms with Gasteiger partial charge in [-0.1, -0.05) is 20.8 Å². The molecule has 1 aliphatic heterocycles. The van der Waals surface area contributed by atoms with Crippen molar-refractivity contribution in [2.45, 2.75) is 46.1 Å². The molecule has 1 N–H and O–H groups in total. The van der Waals surface area contributed by atoms with E-state index >= 15 is 0 Å². The van der Waals surface area contributed by atoms with Crippen LogP contribution in [-0.4, -0.2) is 44.9 Å². The molecule has 0 spiro atoms. The summed E-state index contributed by atoms with van der Waals surface area (Å²) < 4.78 is 11.2. The molecule has 1 saturated heterocycles. The standard InChI is InChI=1S/C16H27NO3/c1-15(2)12-4-5-16(15,3)13(10-12)20-14(18)11-17-6-8-19-9-7-17/h12-13H,4-11H2,1-3H3/p+1/t12-,13+,16-/m1/s1. The Morgan fingerprint density at radius 2 is 2.00 bits per heavy atom. The topological polar surface area (TPSA) is 40.0 Å². The van der Waals surface area contributed by atoms with Crippen LogP contribution in [0.15, 0.2) is 0 Å². The minimum Gasteiger partial charge on any atom is -0.458 e. The summed E-state index contributed by atoms with van der Waals surface area (Å²) in [7, 11) is 0. The fourth-order valence-corrected chi connectivity index (χ4v) is 4.55. The first kappa shape index (κ1) is 14.3. The van der Waals surface area contributed by atoms with Crippen LogP contribution >= 0.6 is 0 Å². The van der Waals surface area contributed by atoms with Gasteiger partial charge >= 0.3 is 5.97 Å². The molecule has 1 heterocycles. The molecule has 4 heteroatoms. The summed E-state index contributed by atoms with van der Waals surface area (Å²) in [5.74, 6) is 0.706. The summed E-state index contributed by atoms with van der Waals surface area (Å²) in [6, 6.07) is 0. The van der Waals surface area contributed by atoms with E-state index in [2.05, 4.69) is 20.8 Å². The number of hydrogen-bond donors (Lipinski definition) is 1. The summed E-state index contributed by atoms with van der Waals surface area (Å²) in [5, 5.41) is 0. The Balaban J connectivity index is 1.57. The number of rotatable bonds is 3. The molecule has 3 fully saturated rings. The van der Waals surface area contributed by atoms with Crippen molar-refractivity contribution in [3.05, 3.63) is 0 Å². The first-order chi connectivity index (χ1) is 9.43. The molecule has 0 aromatic heterocycles. The van der Waals surface area contributed by atoms with Gasteiger partial charge in [0.1, 0.15) is 19.2 Å². The number of carbonyl (C=O) groups excluding carboxylic acids is 1. The number of esters is 1. The quantitative estimate of drug-likeness (QED) is 0.773. The smallest absolute Gasteiger partial charge is 0.362 e. The second kappa shape index (κ2) is 4.99. The van der Waals surface area contributed by atoms with Crippen LogP contribution in [0.1, 0.15) is 40.0 Å². The summed E-state index contributed by atoms with van der Waals surface area (Å²) in [5.41, 5.74) is 0.484. The second-order valence-corrected chi connectivity index (χ2v) is 7.63.